The van der Waals surface area contributed by atoms with E-state index in [1.54, 1.807) is 18.7 Å². The lowest BCUT2D eigenvalue weighted by atomic mass is 10.2. The molecule has 100 valence electrons. The van der Waals surface area contributed by atoms with Crippen LogP contribution in [0.2, 0.25) is 0 Å². The fraction of sp³-hybridized carbons (Fsp3) is 0.231. The molecular formula is C13H15BrN4O. The second kappa shape index (κ2) is 5.05. The van der Waals surface area contributed by atoms with Gasteiger partial charge in [-0.3, -0.25) is 5.41 Å². The molecule has 0 saturated carbocycles. The van der Waals surface area contributed by atoms with Crippen LogP contribution in [0, 0.1) is 19.3 Å². The van der Waals surface area contributed by atoms with E-state index in [9.17, 15) is 0 Å². The molecule has 19 heavy (non-hydrogen) atoms. The number of aryl methyl sites for hydroxylation is 3. The summed E-state index contributed by atoms with van der Waals surface area (Å²) in [5, 5.41) is 11.8. The Hall–Kier alpha value is -1.82. The summed E-state index contributed by atoms with van der Waals surface area (Å²) in [6.07, 6.45) is 0. The van der Waals surface area contributed by atoms with E-state index < -0.39 is 0 Å². The number of nitrogens with two attached hydrogens (primary N) is 1. The van der Waals surface area contributed by atoms with E-state index >= 15 is 0 Å². The van der Waals surface area contributed by atoms with Crippen molar-refractivity contribution in [1.29, 1.82) is 5.41 Å². The molecule has 0 fully saturated rings. The van der Waals surface area contributed by atoms with Crippen LogP contribution >= 0.6 is 15.9 Å². The number of nitrogens with zero attached hydrogens (tertiary/aromatic N) is 2. The Morgan fingerprint density at radius 1 is 1.42 bits per heavy atom. The molecule has 0 aliphatic heterocycles. The summed E-state index contributed by atoms with van der Waals surface area (Å²) in [5.41, 5.74) is 7.86. The highest BCUT2D eigenvalue weighted by Crippen LogP contribution is 2.29. The number of hydrogen-bond donors (Lipinski definition) is 2. The Morgan fingerprint density at radius 2 is 2.11 bits per heavy atom. The minimum Gasteiger partial charge on any atom is -0.438 e. The first-order valence-electron chi connectivity index (χ1n) is 5.72. The van der Waals surface area contributed by atoms with Gasteiger partial charge in [-0.15, -0.1) is 0 Å². The molecule has 0 aliphatic carbocycles. The summed E-state index contributed by atoms with van der Waals surface area (Å²) in [6.45, 7) is 3.79. The molecule has 3 N–H and O–H groups in total. The van der Waals surface area contributed by atoms with Gasteiger partial charge in [0, 0.05) is 11.5 Å². The van der Waals surface area contributed by atoms with Gasteiger partial charge in [-0.1, -0.05) is 15.9 Å². The van der Waals surface area contributed by atoms with Crippen LogP contribution in [0.3, 0.4) is 0 Å². The number of nitrogen functional groups attached to an aromatic ring is 1. The standard InChI is InChI=1S/C13H15BrN4O/c1-7-6-9(4-5-10(7)14)19-13-11(12(15)16)8(2)17-18(13)3/h4-6H,1-3H3,(H3,15,16). The van der Waals surface area contributed by atoms with Crippen molar-refractivity contribution in [3.8, 4) is 11.6 Å². The van der Waals surface area contributed by atoms with E-state index in [0.29, 0.717) is 22.9 Å². The summed E-state index contributed by atoms with van der Waals surface area (Å²) in [4.78, 5) is 0. The van der Waals surface area contributed by atoms with Gasteiger partial charge in [0.05, 0.1) is 5.69 Å². The maximum Gasteiger partial charge on any atom is 0.228 e. The zero-order valence-electron chi connectivity index (χ0n) is 11.0. The third-order valence-corrected chi connectivity index (χ3v) is 3.67. The highest BCUT2D eigenvalue weighted by Gasteiger charge is 2.18. The van der Waals surface area contributed by atoms with Crippen LogP contribution in [0.25, 0.3) is 0 Å². The molecular weight excluding hydrogens is 308 g/mol. The van der Waals surface area contributed by atoms with Crippen molar-refractivity contribution in [3.05, 3.63) is 39.5 Å². The summed E-state index contributed by atoms with van der Waals surface area (Å²) < 4.78 is 8.42. The Labute approximate surface area is 120 Å². The number of hydrogen-bond acceptors (Lipinski definition) is 3. The molecule has 0 spiro atoms. The highest BCUT2D eigenvalue weighted by molar-refractivity contribution is 9.10. The summed E-state index contributed by atoms with van der Waals surface area (Å²) >= 11 is 3.44. The van der Waals surface area contributed by atoms with E-state index in [-0.39, 0.29) is 5.84 Å². The number of rotatable bonds is 3. The van der Waals surface area contributed by atoms with Crippen LogP contribution in [-0.2, 0) is 7.05 Å². The Kier molecular flexibility index (Phi) is 3.61. The van der Waals surface area contributed by atoms with Gasteiger partial charge in [0.1, 0.15) is 17.1 Å². The van der Waals surface area contributed by atoms with Gasteiger partial charge in [-0.05, 0) is 37.6 Å². The monoisotopic (exact) mass is 322 g/mol. The number of halogens is 1. The van der Waals surface area contributed by atoms with Crippen LogP contribution in [0.15, 0.2) is 22.7 Å². The fourth-order valence-electron chi connectivity index (χ4n) is 1.86. The smallest absolute Gasteiger partial charge is 0.228 e. The maximum absolute atomic E-state index is 7.61. The van der Waals surface area contributed by atoms with Crippen LogP contribution in [-0.4, -0.2) is 15.6 Å². The summed E-state index contributed by atoms with van der Waals surface area (Å²) in [5.74, 6) is 1.12. The van der Waals surface area contributed by atoms with Crippen molar-refractivity contribution in [2.45, 2.75) is 13.8 Å². The summed E-state index contributed by atoms with van der Waals surface area (Å²) in [6, 6.07) is 5.68. The number of benzene rings is 1. The molecule has 5 nitrogen and oxygen atoms in total. The van der Waals surface area contributed by atoms with Gasteiger partial charge in [0.25, 0.3) is 0 Å². The molecule has 2 rings (SSSR count). The molecule has 6 heteroatoms. The normalized spacial score (nSPS) is 10.5. The second-order valence-electron chi connectivity index (χ2n) is 4.32. The maximum atomic E-state index is 7.61. The average Bonchev–Trinajstić information content (AvgIpc) is 2.59. The number of ether oxygens (including phenoxy) is 1. The first-order valence-corrected chi connectivity index (χ1v) is 6.51. The average molecular weight is 323 g/mol. The molecule has 0 atom stereocenters. The van der Waals surface area contributed by atoms with Crippen molar-refractivity contribution < 1.29 is 4.74 Å². The molecule has 0 aliphatic rings. The fourth-order valence-corrected chi connectivity index (χ4v) is 2.10. The van der Waals surface area contributed by atoms with E-state index in [1.807, 2.05) is 25.1 Å². The Balaban J connectivity index is 2.43. The largest absolute Gasteiger partial charge is 0.438 e. The van der Waals surface area contributed by atoms with E-state index in [0.717, 1.165) is 10.0 Å². The van der Waals surface area contributed by atoms with Gasteiger partial charge >= 0.3 is 0 Å². The predicted molar refractivity (Wildman–Crippen MR) is 77.9 cm³/mol. The minimum atomic E-state index is -0.0468. The zero-order chi connectivity index (χ0) is 14.2. The predicted octanol–water partition coefficient (Wildman–Crippen LogP) is 2.88. The van der Waals surface area contributed by atoms with Gasteiger partial charge < -0.3 is 10.5 Å². The van der Waals surface area contributed by atoms with E-state index in [1.165, 1.54) is 0 Å². The Bertz CT molecular complexity index is 648. The van der Waals surface area contributed by atoms with Gasteiger partial charge in [0.2, 0.25) is 5.88 Å². The van der Waals surface area contributed by atoms with Crippen LogP contribution in [0.5, 0.6) is 11.6 Å². The molecule has 0 amide bonds. The van der Waals surface area contributed by atoms with Crippen molar-refractivity contribution in [2.24, 2.45) is 12.8 Å². The lowest BCUT2D eigenvalue weighted by Gasteiger charge is -2.09. The molecule has 0 unspecified atom stereocenters. The van der Waals surface area contributed by atoms with E-state index in [4.69, 9.17) is 15.9 Å². The quantitative estimate of drug-likeness (QED) is 0.673. The topological polar surface area (TPSA) is 76.9 Å². The minimum absolute atomic E-state index is 0.0468. The van der Waals surface area contributed by atoms with E-state index in [2.05, 4.69) is 21.0 Å². The molecule has 1 aromatic carbocycles. The van der Waals surface area contributed by atoms with Crippen molar-refractivity contribution in [2.75, 3.05) is 0 Å². The SMILES string of the molecule is Cc1cc(Oc2c(C(=N)N)c(C)nn2C)ccc1Br. The first kappa shape index (κ1) is 13.6. The van der Waals surface area contributed by atoms with Gasteiger partial charge in [-0.2, -0.15) is 5.10 Å². The van der Waals surface area contributed by atoms with Crippen molar-refractivity contribution in [1.82, 2.24) is 9.78 Å². The van der Waals surface area contributed by atoms with Crippen LogP contribution in [0.4, 0.5) is 0 Å². The zero-order valence-corrected chi connectivity index (χ0v) is 12.6. The molecule has 1 heterocycles. The number of nitrogens with one attached hydrogen (secondary N) is 1. The molecule has 1 aromatic heterocycles. The van der Waals surface area contributed by atoms with Gasteiger partial charge in [0.15, 0.2) is 0 Å². The second-order valence-corrected chi connectivity index (χ2v) is 5.17. The molecule has 2 aromatic rings. The molecule has 0 bridgehead atoms. The van der Waals surface area contributed by atoms with Gasteiger partial charge in [-0.25, -0.2) is 4.68 Å². The molecule has 0 saturated heterocycles. The third-order valence-electron chi connectivity index (χ3n) is 2.78. The first-order chi connectivity index (χ1) is 8.90. The van der Waals surface area contributed by atoms with Crippen LogP contribution in [0.1, 0.15) is 16.8 Å². The summed E-state index contributed by atoms with van der Waals surface area (Å²) in [7, 11) is 1.76. The van der Waals surface area contributed by atoms with Crippen molar-refractivity contribution in [3.63, 3.8) is 0 Å². The number of amidine groups is 1. The number of aromatic nitrogens is 2. The Morgan fingerprint density at radius 3 is 2.68 bits per heavy atom. The van der Waals surface area contributed by atoms with Crippen LogP contribution < -0.4 is 10.5 Å². The molecule has 0 radical (unpaired) electrons. The van der Waals surface area contributed by atoms with Crippen molar-refractivity contribution >= 4 is 21.8 Å². The third kappa shape index (κ3) is 2.63. The lowest BCUT2D eigenvalue weighted by molar-refractivity contribution is 0.429. The lowest BCUT2D eigenvalue weighted by Crippen LogP contribution is -2.13. The highest BCUT2D eigenvalue weighted by atomic mass is 79.9.